The lowest BCUT2D eigenvalue weighted by Gasteiger charge is -2.20. The molecule has 1 aromatic carbocycles. The second kappa shape index (κ2) is 8.32. The maximum atomic E-state index is 12.5. The number of hydrogen-bond donors (Lipinski definition) is 1. The summed E-state index contributed by atoms with van der Waals surface area (Å²) >= 11 is 3.28. The van der Waals surface area contributed by atoms with Crippen molar-refractivity contribution >= 4 is 31.6 Å². The minimum absolute atomic E-state index is 0.134. The van der Waals surface area contributed by atoms with Crippen molar-refractivity contribution in [1.29, 1.82) is 0 Å². The summed E-state index contributed by atoms with van der Waals surface area (Å²) in [4.78, 5) is 12.2. The van der Waals surface area contributed by atoms with Gasteiger partial charge in [0.2, 0.25) is 10.0 Å². The summed E-state index contributed by atoms with van der Waals surface area (Å²) in [5.41, 5.74) is 1.25. The number of aromatic nitrogens is 2. The third-order valence-corrected chi connectivity index (χ3v) is 7.00. The van der Waals surface area contributed by atoms with Crippen molar-refractivity contribution < 1.29 is 8.42 Å². The highest BCUT2D eigenvalue weighted by molar-refractivity contribution is 9.10. The van der Waals surface area contributed by atoms with Crippen LogP contribution < -0.4 is 10.9 Å². The zero-order chi connectivity index (χ0) is 19.5. The van der Waals surface area contributed by atoms with Gasteiger partial charge in [0.25, 0.3) is 5.56 Å². The molecule has 0 bridgehead atoms. The van der Waals surface area contributed by atoms with E-state index in [0.717, 1.165) is 5.56 Å². The topological polar surface area (TPSA) is 84.3 Å². The number of aryl methyl sites for hydroxylation is 1. The van der Waals surface area contributed by atoms with Gasteiger partial charge in [-0.1, -0.05) is 26.0 Å². The Kier molecular flexibility index (Phi) is 6.59. The maximum absolute atomic E-state index is 12.5. The standard InChI is InChI=1S/C17H23BrN4O3S/c1-5-22(6-2)26(24,25)14-9-7-13(8-10-14)12(3)20-15-11-19-21(4)17(23)16(15)18/h7-12,20H,5-6H2,1-4H3. The highest BCUT2D eigenvalue weighted by Crippen LogP contribution is 2.24. The summed E-state index contributed by atoms with van der Waals surface area (Å²) in [5, 5.41) is 7.21. The Morgan fingerprint density at radius 1 is 1.23 bits per heavy atom. The van der Waals surface area contributed by atoms with E-state index in [-0.39, 0.29) is 16.5 Å². The number of sulfonamides is 1. The van der Waals surface area contributed by atoms with Gasteiger partial charge in [0.15, 0.2) is 0 Å². The van der Waals surface area contributed by atoms with Gasteiger partial charge in [-0.15, -0.1) is 0 Å². The Labute approximate surface area is 162 Å². The second-order valence-corrected chi connectivity index (χ2v) is 8.56. The minimum atomic E-state index is -3.47. The molecule has 0 aliphatic rings. The van der Waals surface area contributed by atoms with Crippen molar-refractivity contribution in [2.24, 2.45) is 7.05 Å². The molecule has 0 aliphatic carbocycles. The van der Waals surface area contributed by atoms with Gasteiger partial charge in [0.05, 0.1) is 16.8 Å². The lowest BCUT2D eigenvalue weighted by atomic mass is 10.1. The number of rotatable bonds is 7. The monoisotopic (exact) mass is 442 g/mol. The van der Waals surface area contributed by atoms with E-state index >= 15 is 0 Å². The van der Waals surface area contributed by atoms with Gasteiger partial charge in [0.1, 0.15) is 4.47 Å². The van der Waals surface area contributed by atoms with Gasteiger partial charge in [-0.05, 0) is 40.5 Å². The summed E-state index contributed by atoms with van der Waals surface area (Å²) in [6.07, 6.45) is 1.57. The molecule has 1 unspecified atom stereocenters. The molecule has 0 saturated heterocycles. The zero-order valence-corrected chi connectivity index (χ0v) is 17.6. The number of anilines is 1. The Balaban J connectivity index is 2.23. The fourth-order valence-corrected chi connectivity index (χ4v) is 4.50. The van der Waals surface area contributed by atoms with Crippen LogP contribution in [0.1, 0.15) is 32.4 Å². The van der Waals surface area contributed by atoms with Crippen LogP contribution in [-0.2, 0) is 17.1 Å². The molecular formula is C17H23BrN4O3S. The molecule has 0 fully saturated rings. The van der Waals surface area contributed by atoms with Crippen molar-refractivity contribution in [2.75, 3.05) is 18.4 Å². The SMILES string of the molecule is CCN(CC)S(=O)(=O)c1ccc(C(C)Nc2cnn(C)c(=O)c2Br)cc1. The predicted octanol–water partition coefficient (Wildman–Crippen LogP) is 2.75. The molecule has 1 aromatic heterocycles. The largest absolute Gasteiger partial charge is 0.376 e. The lowest BCUT2D eigenvalue weighted by molar-refractivity contribution is 0.445. The fraction of sp³-hybridized carbons (Fsp3) is 0.412. The van der Waals surface area contributed by atoms with Crippen molar-refractivity contribution in [1.82, 2.24) is 14.1 Å². The normalized spacial score (nSPS) is 13.0. The third-order valence-electron chi connectivity index (χ3n) is 4.17. The van der Waals surface area contributed by atoms with Crippen LogP contribution in [0.25, 0.3) is 0 Å². The van der Waals surface area contributed by atoms with E-state index in [4.69, 9.17) is 0 Å². The van der Waals surface area contributed by atoms with Crippen molar-refractivity contribution in [3.8, 4) is 0 Å². The van der Waals surface area contributed by atoms with E-state index in [0.29, 0.717) is 23.2 Å². The van der Waals surface area contributed by atoms with Crippen LogP contribution >= 0.6 is 15.9 Å². The molecule has 1 heterocycles. The van der Waals surface area contributed by atoms with E-state index in [9.17, 15) is 13.2 Å². The molecule has 0 spiro atoms. The first-order valence-electron chi connectivity index (χ1n) is 8.30. The van der Waals surface area contributed by atoms with Gasteiger partial charge in [-0.3, -0.25) is 4.79 Å². The average molecular weight is 443 g/mol. The van der Waals surface area contributed by atoms with Gasteiger partial charge in [-0.2, -0.15) is 9.40 Å². The molecule has 2 aromatic rings. The van der Waals surface area contributed by atoms with E-state index in [1.165, 1.54) is 8.99 Å². The van der Waals surface area contributed by atoms with Crippen molar-refractivity contribution in [2.45, 2.75) is 31.7 Å². The highest BCUT2D eigenvalue weighted by Gasteiger charge is 2.21. The number of halogens is 1. The van der Waals surface area contributed by atoms with Crippen molar-refractivity contribution in [3.05, 3.63) is 50.9 Å². The van der Waals surface area contributed by atoms with Crippen molar-refractivity contribution in [3.63, 3.8) is 0 Å². The molecule has 0 amide bonds. The number of nitrogens with zero attached hydrogens (tertiary/aromatic N) is 3. The summed E-state index contributed by atoms with van der Waals surface area (Å²) in [7, 11) is -1.89. The smallest absolute Gasteiger partial charge is 0.282 e. The van der Waals surface area contributed by atoms with E-state index < -0.39 is 10.0 Å². The Morgan fingerprint density at radius 3 is 2.35 bits per heavy atom. The second-order valence-electron chi connectivity index (χ2n) is 5.83. The number of benzene rings is 1. The first-order chi connectivity index (χ1) is 12.2. The minimum Gasteiger partial charge on any atom is -0.376 e. The van der Waals surface area contributed by atoms with Crippen LogP contribution in [0.15, 0.2) is 44.6 Å². The molecule has 0 saturated carbocycles. The summed E-state index contributed by atoms with van der Waals surface area (Å²) in [5.74, 6) is 0. The molecule has 0 radical (unpaired) electrons. The van der Waals surface area contributed by atoms with Gasteiger partial charge >= 0.3 is 0 Å². The average Bonchev–Trinajstić information content (AvgIpc) is 2.63. The van der Waals surface area contributed by atoms with Crippen LogP contribution in [0.2, 0.25) is 0 Å². The highest BCUT2D eigenvalue weighted by atomic mass is 79.9. The maximum Gasteiger partial charge on any atom is 0.282 e. The molecular weight excluding hydrogens is 420 g/mol. The molecule has 1 N–H and O–H groups in total. The van der Waals surface area contributed by atoms with E-state index in [2.05, 4.69) is 26.3 Å². The first-order valence-corrected chi connectivity index (χ1v) is 10.5. The number of nitrogens with one attached hydrogen (secondary N) is 1. The molecule has 7 nitrogen and oxygen atoms in total. The van der Waals surface area contributed by atoms with Crippen LogP contribution in [0, 0.1) is 0 Å². The Bertz CT molecular complexity index is 922. The molecule has 26 heavy (non-hydrogen) atoms. The number of hydrogen-bond acceptors (Lipinski definition) is 5. The van der Waals surface area contributed by atoms with E-state index in [1.807, 2.05) is 20.8 Å². The molecule has 2 rings (SSSR count). The quantitative estimate of drug-likeness (QED) is 0.712. The van der Waals surface area contributed by atoms with E-state index in [1.54, 1.807) is 37.5 Å². The van der Waals surface area contributed by atoms with Crippen LogP contribution in [0.3, 0.4) is 0 Å². The fourth-order valence-electron chi connectivity index (χ4n) is 2.57. The summed E-state index contributed by atoms with van der Waals surface area (Å²) < 4.78 is 28.1. The lowest BCUT2D eigenvalue weighted by Crippen LogP contribution is -2.30. The van der Waals surface area contributed by atoms with Gasteiger partial charge in [-0.25, -0.2) is 13.1 Å². The first kappa shape index (κ1) is 20.6. The summed E-state index contributed by atoms with van der Waals surface area (Å²) in [6.45, 7) is 6.43. The van der Waals surface area contributed by atoms with Crippen LogP contribution in [0.4, 0.5) is 5.69 Å². The van der Waals surface area contributed by atoms with Crippen LogP contribution in [0.5, 0.6) is 0 Å². The Hall–Kier alpha value is -1.71. The molecule has 9 heteroatoms. The predicted molar refractivity (Wildman–Crippen MR) is 106 cm³/mol. The van der Waals surface area contributed by atoms with Crippen LogP contribution in [-0.4, -0.2) is 35.6 Å². The molecule has 142 valence electrons. The van der Waals surface area contributed by atoms with Gasteiger partial charge < -0.3 is 5.32 Å². The van der Waals surface area contributed by atoms with Gasteiger partial charge in [0, 0.05) is 26.2 Å². The zero-order valence-electron chi connectivity index (χ0n) is 15.2. The summed E-state index contributed by atoms with van der Waals surface area (Å²) in [6, 6.07) is 6.63. The third kappa shape index (κ3) is 4.16. The molecule has 0 aliphatic heterocycles. The molecule has 1 atom stereocenters. The Morgan fingerprint density at radius 2 is 1.81 bits per heavy atom.